The number of Topliss-reactive ketones (excluding diaryl/α,β-unsaturated/α-hetero) is 1. The van der Waals surface area contributed by atoms with Crippen LogP contribution in [0.2, 0.25) is 0 Å². The summed E-state index contributed by atoms with van der Waals surface area (Å²) in [6, 6.07) is 0. The van der Waals surface area contributed by atoms with Crippen molar-refractivity contribution in [1.82, 2.24) is 0 Å². The fourth-order valence-electron chi connectivity index (χ4n) is 6.57. The van der Waals surface area contributed by atoms with Crippen LogP contribution >= 0.6 is 0 Å². The zero-order chi connectivity index (χ0) is 20.3. The summed E-state index contributed by atoms with van der Waals surface area (Å²) in [4.78, 5) is 35.7. The second-order valence-electron chi connectivity index (χ2n) is 9.27. The van der Waals surface area contributed by atoms with E-state index < -0.39 is 17.5 Å². The lowest BCUT2D eigenvalue weighted by atomic mass is 9.47. The monoisotopic (exact) mass is 384 g/mol. The fourth-order valence-corrected chi connectivity index (χ4v) is 6.57. The largest absolute Gasteiger partial charge is 0.457 e. The molecule has 0 aliphatic heterocycles. The SMILES string of the molecule is CC(=O)OCC(=O)C1=CC[C@H]2[C@@H]3CCC4=CC(=O)C=C[C@]4(C)C3[C@@H](O)C[C@]12C. The van der Waals surface area contributed by atoms with Gasteiger partial charge < -0.3 is 9.84 Å². The molecule has 0 amide bonds. The molecular formula is C23H28O5. The van der Waals surface area contributed by atoms with Crippen molar-refractivity contribution in [2.24, 2.45) is 28.6 Å². The summed E-state index contributed by atoms with van der Waals surface area (Å²) in [5, 5.41) is 11.2. The van der Waals surface area contributed by atoms with E-state index in [4.69, 9.17) is 4.74 Å². The quantitative estimate of drug-likeness (QED) is 0.757. The number of aliphatic hydroxyl groups is 1. The van der Waals surface area contributed by atoms with E-state index in [1.807, 2.05) is 12.2 Å². The van der Waals surface area contributed by atoms with Crippen molar-refractivity contribution in [3.63, 3.8) is 0 Å². The van der Waals surface area contributed by atoms with Gasteiger partial charge in [-0.1, -0.05) is 31.6 Å². The average molecular weight is 384 g/mol. The predicted molar refractivity (Wildman–Crippen MR) is 103 cm³/mol. The molecule has 5 heteroatoms. The van der Waals surface area contributed by atoms with Crippen molar-refractivity contribution in [3.05, 3.63) is 35.5 Å². The molecule has 6 atom stereocenters. The molecule has 1 unspecified atom stereocenters. The van der Waals surface area contributed by atoms with Gasteiger partial charge in [-0.05, 0) is 49.7 Å². The van der Waals surface area contributed by atoms with Crippen LogP contribution in [0.4, 0.5) is 0 Å². The summed E-state index contributed by atoms with van der Waals surface area (Å²) in [6.45, 7) is 5.28. The fraction of sp³-hybridized carbons (Fsp3) is 0.609. The van der Waals surface area contributed by atoms with Crippen molar-refractivity contribution < 1.29 is 24.2 Å². The van der Waals surface area contributed by atoms with Crippen LogP contribution in [0.15, 0.2) is 35.5 Å². The minimum Gasteiger partial charge on any atom is -0.457 e. The van der Waals surface area contributed by atoms with Gasteiger partial charge in [-0.2, -0.15) is 0 Å². The Morgan fingerprint density at radius 1 is 1.32 bits per heavy atom. The Balaban J connectivity index is 1.63. The highest BCUT2D eigenvalue weighted by Crippen LogP contribution is 2.64. The summed E-state index contributed by atoms with van der Waals surface area (Å²) in [7, 11) is 0. The van der Waals surface area contributed by atoms with Gasteiger partial charge in [0.15, 0.2) is 18.2 Å². The summed E-state index contributed by atoms with van der Waals surface area (Å²) >= 11 is 0. The zero-order valence-corrected chi connectivity index (χ0v) is 16.7. The van der Waals surface area contributed by atoms with Crippen LogP contribution in [0.5, 0.6) is 0 Å². The van der Waals surface area contributed by atoms with Gasteiger partial charge in [-0.25, -0.2) is 0 Å². The maximum atomic E-state index is 12.7. The predicted octanol–water partition coefficient (Wildman–Crippen LogP) is 2.93. The number of esters is 1. The van der Waals surface area contributed by atoms with Crippen molar-refractivity contribution in [2.75, 3.05) is 6.61 Å². The van der Waals surface area contributed by atoms with Crippen molar-refractivity contribution in [3.8, 4) is 0 Å². The molecule has 0 radical (unpaired) electrons. The molecule has 2 saturated carbocycles. The Labute approximate surface area is 165 Å². The maximum absolute atomic E-state index is 12.7. The highest BCUT2D eigenvalue weighted by Gasteiger charge is 2.60. The molecule has 0 aromatic rings. The Morgan fingerprint density at radius 3 is 2.79 bits per heavy atom. The maximum Gasteiger partial charge on any atom is 0.303 e. The van der Waals surface area contributed by atoms with Crippen LogP contribution in [-0.2, 0) is 19.1 Å². The molecule has 0 bridgehead atoms. The van der Waals surface area contributed by atoms with Crippen LogP contribution in [0.1, 0.15) is 46.5 Å². The van der Waals surface area contributed by atoms with Crippen LogP contribution in [-0.4, -0.2) is 35.4 Å². The normalized spacial score (nSPS) is 41.4. The molecule has 2 fully saturated rings. The van der Waals surface area contributed by atoms with Crippen LogP contribution in [0, 0.1) is 28.6 Å². The Bertz CT molecular complexity index is 834. The molecule has 4 aliphatic carbocycles. The lowest BCUT2D eigenvalue weighted by Gasteiger charge is -2.58. The number of aliphatic hydroxyl groups excluding tert-OH is 1. The van der Waals surface area contributed by atoms with E-state index in [0.717, 1.165) is 24.8 Å². The number of rotatable bonds is 3. The van der Waals surface area contributed by atoms with Crippen LogP contribution < -0.4 is 0 Å². The summed E-state index contributed by atoms with van der Waals surface area (Å²) < 4.78 is 4.93. The van der Waals surface area contributed by atoms with E-state index in [1.165, 1.54) is 6.92 Å². The van der Waals surface area contributed by atoms with E-state index in [0.29, 0.717) is 12.0 Å². The topological polar surface area (TPSA) is 80.7 Å². The molecule has 0 aromatic carbocycles. The molecule has 1 N–H and O–H groups in total. The molecule has 4 rings (SSSR count). The summed E-state index contributed by atoms with van der Waals surface area (Å²) in [6.07, 6.45) is 9.91. The van der Waals surface area contributed by atoms with Gasteiger partial charge in [0.2, 0.25) is 0 Å². The third kappa shape index (κ3) is 2.74. The van der Waals surface area contributed by atoms with Gasteiger partial charge in [0.25, 0.3) is 0 Å². The number of ketones is 2. The minimum atomic E-state index is -0.555. The first-order valence-corrected chi connectivity index (χ1v) is 10.2. The van der Waals surface area contributed by atoms with E-state index in [2.05, 4.69) is 13.8 Å². The number of allylic oxidation sites excluding steroid dienone is 5. The lowest BCUT2D eigenvalue weighted by Crippen LogP contribution is -2.55. The molecular weight excluding hydrogens is 356 g/mol. The van der Waals surface area contributed by atoms with E-state index in [1.54, 1.807) is 12.2 Å². The van der Waals surface area contributed by atoms with Crippen molar-refractivity contribution in [1.29, 1.82) is 0 Å². The number of carbonyl (C=O) groups is 3. The molecule has 0 spiro atoms. The molecule has 28 heavy (non-hydrogen) atoms. The highest BCUT2D eigenvalue weighted by molar-refractivity contribution is 6.01. The highest BCUT2D eigenvalue weighted by atomic mass is 16.5. The van der Waals surface area contributed by atoms with Gasteiger partial charge in [-0.15, -0.1) is 0 Å². The van der Waals surface area contributed by atoms with Crippen molar-refractivity contribution in [2.45, 2.75) is 52.6 Å². The first-order valence-electron chi connectivity index (χ1n) is 10.2. The molecule has 5 nitrogen and oxygen atoms in total. The summed E-state index contributed by atoms with van der Waals surface area (Å²) in [5.41, 5.74) is 1.13. The third-order valence-corrected chi connectivity index (χ3v) is 7.78. The van der Waals surface area contributed by atoms with Crippen molar-refractivity contribution >= 4 is 17.5 Å². The van der Waals surface area contributed by atoms with Gasteiger partial charge >= 0.3 is 5.97 Å². The molecule has 0 aromatic heterocycles. The van der Waals surface area contributed by atoms with E-state index in [9.17, 15) is 19.5 Å². The second-order valence-corrected chi connectivity index (χ2v) is 9.27. The third-order valence-electron chi connectivity index (χ3n) is 7.78. The van der Waals surface area contributed by atoms with Gasteiger partial charge in [0.1, 0.15) is 0 Å². The Morgan fingerprint density at radius 2 is 2.07 bits per heavy atom. The number of fused-ring (bicyclic) bond motifs is 5. The smallest absolute Gasteiger partial charge is 0.303 e. The first kappa shape index (κ1) is 19.3. The van der Waals surface area contributed by atoms with Crippen LogP contribution in [0.3, 0.4) is 0 Å². The standard InChI is InChI=1S/C23H28O5/c1-13(24)28-12-20(27)18-7-6-17-16-5-4-14-10-15(25)8-9-22(14,2)21(16)19(26)11-23(17,18)3/h7-10,16-17,19,21,26H,4-6,11-12H2,1-3H3/t16-,17-,19-,21?,22-,23-/m0/s1. The molecule has 0 saturated heterocycles. The van der Waals surface area contributed by atoms with Gasteiger partial charge in [0.05, 0.1) is 6.10 Å². The molecule has 0 heterocycles. The number of hydrogen-bond donors (Lipinski definition) is 1. The van der Waals surface area contributed by atoms with Gasteiger partial charge in [-0.3, -0.25) is 14.4 Å². The van der Waals surface area contributed by atoms with Crippen LogP contribution in [0.25, 0.3) is 0 Å². The first-order chi connectivity index (χ1) is 13.2. The minimum absolute atomic E-state index is 0.0296. The Kier molecular flexibility index (Phi) is 4.49. The zero-order valence-electron chi connectivity index (χ0n) is 16.7. The van der Waals surface area contributed by atoms with E-state index in [-0.39, 0.29) is 41.3 Å². The second kappa shape index (κ2) is 6.51. The Hall–Kier alpha value is -2.01. The molecule has 150 valence electrons. The average Bonchev–Trinajstić information content (AvgIpc) is 2.96. The number of carbonyl (C=O) groups excluding carboxylic acids is 3. The number of ether oxygens (including phenoxy) is 1. The lowest BCUT2D eigenvalue weighted by molar-refractivity contribution is -0.145. The van der Waals surface area contributed by atoms with Gasteiger partial charge in [0, 0.05) is 29.2 Å². The summed E-state index contributed by atoms with van der Waals surface area (Å²) in [5.74, 6) is 0.0194. The molecule has 4 aliphatic rings. The van der Waals surface area contributed by atoms with E-state index >= 15 is 0 Å². The number of hydrogen-bond acceptors (Lipinski definition) is 5.